The van der Waals surface area contributed by atoms with Gasteiger partial charge in [-0.05, 0) is 45.6 Å². The lowest BCUT2D eigenvalue weighted by Gasteiger charge is -2.34. The zero-order valence-electron chi connectivity index (χ0n) is 29.3. The number of nitrogens with zero attached hydrogens (tertiary/aromatic N) is 3. The van der Waals surface area contributed by atoms with Crippen molar-refractivity contribution in [3.63, 3.8) is 0 Å². The van der Waals surface area contributed by atoms with Crippen LogP contribution in [0.5, 0.6) is 0 Å². The second-order valence-corrected chi connectivity index (χ2v) is 11.9. The summed E-state index contributed by atoms with van der Waals surface area (Å²) in [7, 11) is 2.12. The van der Waals surface area contributed by atoms with Crippen molar-refractivity contribution in [3.05, 3.63) is 0 Å². The zero-order valence-corrected chi connectivity index (χ0v) is 29.3. The second kappa shape index (κ2) is 26.4. The molecule has 1 rings (SSSR count). The molecule has 0 spiro atoms. The number of alkyl carbamates (subject to hydrolysis) is 2. The number of amides is 2. The molecule has 1 aliphatic heterocycles. The van der Waals surface area contributed by atoms with E-state index in [1.165, 1.54) is 0 Å². The van der Waals surface area contributed by atoms with Gasteiger partial charge in [-0.1, -0.05) is 40.5 Å². The molecule has 2 unspecified atom stereocenters. The fraction of sp³-hybridized carbons (Fsp3) is 0.879. The summed E-state index contributed by atoms with van der Waals surface area (Å²) in [5.41, 5.74) is 0. The third-order valence-electron chi connectivity index (χ3n) is 7.98. The molecular formula is C33H63N5O8. The van der Waals surface area contributed by atoms with E-state index in [1.54, 1.807) is 0 Å². The van der Waals surface area contributed by atoms with Crippen LogP contribution in [-0.4, -0.2) is 137 Å². The van der Waals surface area contributed by atoms with Gasteiger partial charge in [0.1, 0.15) is 12.2 Å². The smallest absolute Gasteiger partial charge is 0.407 e. The van der Waals surface area contributed by atoms with Crippen LogP contribution in [0.3, 0.4) is 0 Å². The largest absolute Gasteiger partial charge is 0.466 e. The molecule has 0 saturated carbocycles. The molecule has 1 saturated heterocycles. The highest BCUT2D eigenvalue weighted by molar-refractivity contribution is 5.70. The van der Waals surface area contributed by atoms with Crippen molar-refractivity contribution in [2.24, 2.45) is 0 Å². The van der Waals surface area contributed by atoms with E-state index in [2.05, 4.69) is 46.2 Å². The number of hydrogen-bond acceptors (Lipinski definition) is 11. The van der Waals surface area contributed by atoms with E-state index in [1.807, 2.05) is 13.8 Å². The van der Waals surface area contributed by atoms with Crippen molar-refractivity contribution in [1.29, 1.82) is 0 Å². The Bertz CT molecular complexity index is 787. The zero-order chi connectivity index (χ0) is 34.0. The van der Waals surface area contributed by atoms with Crippen molar-refractivity contribution in [2.75, 3.05) is 85.7 Å². The van der Waals surface area contributed by atoms with E-state index in [9.17, 15) is 19.2 Å². The second-order valence-electron chi connectivity index (χ2n) is 11.9. The number of hydrogen-bond donors (Lipinski definition) is 2. The maximum Gasteiger partial charge on any atom is 0.407 e. The lowest BCUT2D eigenvalue weighted by molar-refractivity contribution is -0.144. The summed E-state index contributed by atoms with van der Waals surface area (Å²) in [5, 5.41) is 5.42. The van der Waals surface area contributed by atoms with Crippen molar-refractivity contribution in [1.82, 2.24) is 25.3 Å². The van der Waals surface area contributed by atoms with E-state index in [-0.39, 0.29) is 50.2 Å². The van der Waals surface area contributed by atoms with Crippen LogP contribution in [0.2, 0.25) is 0 Å². The molecule has 0 bridgehead atoms. The summed E-state index contributed by atoms with van der Waals surface area (Å²) < 4.78 is 21.5. The third-order valence-corrected chi connectivity index (χ3v) is 7.98. The lowest BCUT2D eigenvalue weighted by atomic mass is 10.2. The Morgan fingerprint density at radius 1 is 0.696 bits per heavy atom. The van der Waals surface area contributed by atoms with Gasteiger partial charge in [-0.15, -0.1) is 0 Å². The van der Waals surface area contributed by atoms with Crippen molar-refractivity contribution in [3.8, 4) is 0 Å². The maximum absolute atomic E-state index is 12.4. The Kier molecular flexibility index (Phi) is 23.8. The van der Waals surface area contributed by atoms with Gasteiger partial charge < -0.3 is 39.4 Å². The van der Waals surface area contributed by atoms with Crippen LogP contribution in [0, 0.1) is 0 Å². The molecule has 1 heterocycles. The van der Waals surface area contributed by atoms with Crippen LogP contribution in [0.4, 0.5) is 9.59 Å². The van der Waals surface area contributed by atoms with Crippen LogP contribution in [0.1, 0.15) is 91.9 Å². The number of rotatable bonds is 25. The van der Waals surface area contributed by atoms with Gasteiger partial charge in [0.25, 0.3) is 0 Å². The molecule has 0 aromatic carbocycles. The van der Waals surface area contributed by atoms with Gasteiger partial charge in [-0.2, -0.15) is 0 Å². The first-order valence-corrected chi connectivity index (χ1v) is 17.5. The molecule has 0 aromatic rings. The predicted molar refractivity (Wildman–Crippen MR) is 178 cm³/mol. The van der Waals surface area contributed by atoms with Crippen LogP contribution in [0.15, 0.2) is 0 Å². The summed E-state index contributed by atoms with van der Waals surface area (Å²) in [4.78, 5) is 55.5. The Labute approximate surface area is 277 Å². The first kappa shape index (κ1) is 41.4. The van der Waals surface area contributed by atoms with E-state index in [4.69, 9.17) is 18.9 Å². The summed E-state index contributed by atoms with van der Waals surface area (Å²) >= 11 is 0. The fourth-order valence-corrected chi connectivity index (χ4v) is 4.95. The minimum atomic E-state index is -0.439. The van der Waals surface area contributed by atoms with Crippen LogP contribution < -0.4 is 10.6 Å². The summed E-state index contributed by atoms with van der Waals surface area (Å²) in [5.74, 6) is -0.621. The fourth-order valence-electron chi connectivity index (χ4n) is 4.95. The molecule has 0 aliphatic carbocycles. The Morgan fingerprint density at radius 2 is 1.15 bits per heavy atom. The molecule has 0 aromatic heterocycles. The quantitative estimate of drug-likeness (QED) is 0.0842. The molecule has 2 amide bonds. The number of carbonyl (C=O) groups excluding carboxylic acids is 4. The number of esters is 2. The minimum absolute atomic E-state index is 0.0764. The highest BCUT2D eigenvalue weighted by Crippen LogP contribution is 2.08. The van der Waals surface area contributed by atoms with E-state index in [0.29, 0.717) is 39.0 Å². The minimum Gasteiger partial charge on any atom is -0.466 e. The van der Waals surface area contributed by atoms with Crippen molar-refractivity contribution < 1.29 is 38.1 Å². The third kappa shape index (κ3) is 21.2. The Morgan fingerprint density at radius 3 is 1.57 bits per heavy atom. The topological polar surface area (TPSA) is 139 Å². The Hall–Kier alpha value is -2.64. The molecule has 2 atom stereocenters. The van der Waals surface area contributed by atoms with E-state index < -0.39 is 12.2 Å². The predicted octanol–water partition coefficient (Wildman–Crippen LogP) is 3.79. The summed E-state index contributed by atoms with van der Waals surface area (Å²) in [6.45, 7) is 15.8. The monoisotopic (exact) mass is 657 g/mol. The molecule has 0 radical (unpaired) electrons. The average molecular weight is 658 g/mol. The molecule has 268 valence electrons. The van der Waals surface area contributed by atoms with Gasteiger partial charge in [0.05, 0.1) is 26.1 Å². The normalized spacial score (nSPS) is 15.2. The standard InChI is InChI=1S/C33H63N5O8/c1-6-12-28(8-3)45-32(41)34-16-10-26-43-30(39)14-18-37(24-25-38-22-20-36(5)21-23-38)19-15-31(40)44-27-11-17-35-33(42)46-29(9-4)13-7-2/h28-29H,6-27H2,1-5H3,(H,34,41)(H,35,42). The van der Waals surface area contributed by atoms with E-state index >= 15 is 0 Å². The molecule has 1 aliphatic rings. The van der Waals surface area contributed by atoms with Crippen molar-refractivity contribution >= 4 is 24.1 Å². The molecular weight excluding hydrogens is 594 g/mol. The Balaban J connectivity index is 2.36. The van der Waals surface area contributed by atoms with Gasteiger partial charge in [0.15, 0.2) is 0 Å². The number of ether oxygens (including phenoxy) is 4. The van der Waals surface area contributed by atoms with Crippen LogP contribution in [-0.2, 0) is 28.5 Å². The molecule has 13 heteroatoms. The molecule has 13 nitrogen and oxygen atoms in total. The number of piperazine rings is 1. The average Bonchev–Trinajstić information content (AvgIpc) is 3.04. The first-order chi connectivity index (χ1) is 22.2. The van der Waals surface area contributed by atoms with Crippen molar-refractivity contribution in [2.45, 2.75) is 104 Å². The molecule has 2 N–H and O–H groups in total. The number of nitrogens with one attached hydrogen (secondary N) is 2. The summed E-state index contributed by atoms with van der Waals surface area (Å²) in [6.07, 6.45) is 5.53. The maximum atomic E-state index is 12.4. The molecule has 46 heavy (non-hydrogen) atoms. The van der Waals surface area contributed by atoms with E-state index in [0.717, 1.165) is 77.8 Å². The summed E-state index contributed by atoms with van der Waals surface area (Å²) in [6, 6.07) is 0. The molecule has 1 fully saturated rings. The number of likely N-dealkylation sites (N-methyl/N-ethyl adjacent to an activating group) is 1. The lowest BCUT2D eigenvalue weighted by Crippen LogP contribution is -2.47. The van der Waals surface area contributed by atoms with Gasteiger partial charge >= 0.3 is 24.1 Å². The van der Waals surface area contributed by atoms with Gasteiger partial charge in [0, 0.05) is 65.4 Å². The van der Waals surface area contributed by atoms with Gasteiger partial charge in [-0.25, -0.2) is 9.59 Å². The van der Waals surface area contributed by atoms with Crippen LogP contribution >= 0.6 is 0 Å². The SMILES string of the molecule is CCCC(CC)OC(=O)NCCCOC(=O)CCN(CCC(=O)OCCCNC(=O)OC(CC)CCC)CCN1CCN(C)CC1. The highest BCUT2D eigenvalue weighted by atomic mass is 16.6. The van der Waals surface area contributed by atoms with Gasteiger partial charge in [-0.3, -0.25) is 14.5 Å². The van der Waals surface area contributed by atoms with Crippen LogP contribution in [0.25, 0.3) is 0 Å². The number of carbonyl (C=O) groups is 4. The first-order valence-electron chi connectivity index (χ1n) is 17.5. The highest BCUT2D eigenvalue weighted by Gasteiger charge is 2.18. The van der Waals surface area contributed by atoms with Gasteiger partial charge in [0.2, 0.25) is 0 Å².